The van der Waals surface area contributed by atoms with Crippen LogP contribution in [-0.2, 0) is 11.2 Å². The Kier molecular flexibility index (Phi) is 6.78. The molecule has 8 heteroatoms. The molecule has 1 aromatic carbocycles. The third-order valence-corrected chi connectivity index (χ3v) is 2.02. The van der Waals surface area contributed by atoms with E-state index in [9.17, 15) is 17.7 Å². The second kappa shape index (κ2) is 6.79. The van der Waals surface area contributed by atoms with Crippen LogP contribution in [0.5, 0.6) is 5.75 Å². The van der Waals surface area contributed by atoms with Crippen molar-refractivity contribution in [3.8, 4) is 5.75 Å². The number of methoxy groups -OCH3 is 1. The first-order valence-corrected chi connectivity index (χ1v) is 4.43. The molecule has 0 spiro atoms. The van der Waals surface area contributed by atoms with Crippen molar-refractivity contribution < 1.29 is 79.0 Å². The number of benzene rings is 1. The predicted molar refractivity (Wildman–Crippen MR) is 53.0 cm³/mol. The molecule has 0 aromatic heterocycles. The van der Waals surface area contributed by atoms with Crippen LogP contribution in [0.15, 0.2) is 18.2 Å². The summed E-state index contributed by atoms with van der Waals surface area (Å²) >= 11 is 0. The summed E-state index contributed by atoms with van der Waals surface area (Å²) in [6.07, 6.45) is -0.497. The van der Waals surface area contributed by atoms with Crippen LogP contribution in [0.4, 0.5) is 12.9 Å². The molecular formula is C9H9BF3KO3. The molecule has 0 fully saturated rings. The summed E-state index contributed by atoms with van der Waals surface area (Å²) < 4.78 is 42.0. The second-order valence-electron chi connectivity index (χ2n) is 3.22. The van der Waals surface area contributed by atoms with E-state index in [2.05, 4.69) is 0 Å². The third kappa shape index (κ3) is 5.01. The molecule has 0 unspecified atom stereocenters. The Labute approximate surface area is 139 Å². The first-order valence-electron chi connectivity index (χ1n) is 4.43. The minimum atomic E-state index is -5.12. The summed E-state index contributed by atoms with van der Waals surface area (Å²) in [5, 5.41) is 8.55. The van der Waals surface area contributed by atoms with Gasteiger partial charge >= 0.3 is 64.3 Å². The van der Waals surface area contributed by atoms with Gasteiger partial charge in [0.2, 0.25) is 0 Å². The molecule has 0 atom stereocenters. The number of hydrogen-bond acceptors (Lipinski definition) is 2. The number of ether oxygens (including phenoxy) is 1. The van der Waals surface area contributed by atoms with Gasteiger partial charge in [-0.3, -0.25) is 4.79 Å². The van der Waals surface area contributed by atoms with Gasteiger partial charge in [-0.15, -0.1) is 5.46 Å². The van der Waals surface area contributed by atoms with Gasteiger partial charge in [0.05, 0.1) is 13.5 Å². The van der Waals surface area contributed by atoms with E-state index in [0.717, 1.165) is 18.2 Å². The Morgan fingerprint density at radius 1 is 1.41 bits per heavy atom. The average Bonchev–Trinajstić information content (AvgIpc) is 2.15. The minimum absolute atomic E-state index is 0. The minimum Gasteiger partial charge on any atom is -0.496 e. The van der Waals surface area contributed by atoms with E-state index in [1.165, 1.54) is 7.11 Å². The zero-order valence-electron chi connectivity index (χ0n) is 9.41. The Hall–Kier alpha value is -0.0187. The van der Waals surface area contributed by atoms with Gasteiger partial charge in [-0.1, -0.05) is 12.1 Å². The average molecular weight is 272 g/mol. The molecule has 0 saturated carbocycles. The van der Waals surface area contributed by atoms with Gasteiger partial charge in [-0.25, -0.2) is 0 Å². The molecule has 1 aromatic rings. The second-order valence-corrected chi connectivity index (χ2v) is 3.22. The number of carboxylic acids is 1. The van der Waals surface area contributed by atoms with Gasteiger partial charge in [0, 0.05) is 5.56 Å². The molecule has 0 bridgehead atoms. The van der Waals surface area contributed by atoms with Crippen molar-refractivity contribution >= 4 is 18.4 Å². The third-order valence-electron chi connectivity index (χ3n) is 2.02. The van der Waals surface area contributed by atoms with Crippen molar-refractivity contribution in [3.63, 3.8) is 0 Å². The van der Waals surface area contributed by atoms with E-state index in [-0.39, 0.29) is 62.7 Å². The van der Waals surface area contributed by atoms with Gasteiger partial charge < -0.3 is 22.8 Å². The molecule has 0 aliphatic heterocycles. The zero-order valence-corrected chi connectivity index (χ0v) is 12.5. The van der Waals surface area contributed by atoms with Crippen molar-refractivity contribution in [2.24, 2.45) is 0 Å². The standard InChI is InChI=1S/C9H9BF3O3.K/c1-16-8-3-2-7(10(11,12)13)4-6(8)5-9(14)15;/h2-4H,5H2,1H3,(H,14,15);/q-1;+1. The van der Waals surface area contributed by atoms with Gasteiger partial charge in [0.1, 0.15) is 5.75 Å². The van der Waals surface area contributed by atoms with E-state index < -0.39 is 24.8 Å². The molecule has 1 rings (SSSR count). The first kappa shape index (κ1) is 17.0. The molecule has 0 radical (unpaired) electrons. The molecule has 3 nitrogen and oxygen atoms in total. The van der Waals surface area contributed by atoms with Crippen molar-refractivity contribution in [1.29, 1.82) is 0 Å². The Morgan fingerprint density at radius 3 is 2.41 bits per heavy atom. The summed E-state index contributed by atoms with van der Waals surface area (Å²) in [7, 11) is 1.28. The van der Waals surface area contributed by atoms with Crippen LogP contribution in [0.25, 0.3) is 0 Å². The fraction of sp³-hybridized carbons (Fsp3) is 0.222. The Morgan fingerprint density at radius 2 is 2.00 bits per heavy atom. The van der Waals surface area contributed by atoms with Crippen molar-refractivity contribution in [1.82, 2.24) is 0 Å². The summed E-state index contributed by atoms with van der Waals surface area (Å²) in [5.74, 6) is -1.06. The monoisotopic (exact) mass is 272 g/mol. The summed E-state index contributed by atoms with van der Waals surface area (Å²) in [5.41, 5.74) is -0.802. The first-order chi connectivity index (χ1) is 7.34. The maximum Gasteiger partial charge on any atom is 1.00 e. The summed E-state index contributed by atoms with van der Waals surface area (Å²) in [6.45, 7) is -5.12. The van der Waals surface area contributed by atoms with Gasteiger partial charge in [-0.2, -0.15) is 0 Å². The van der Waals surface area contributed by atoms with Crippen LogP contribution in [-0.4, -0.2) is 25.2 Å². The van der Waals surface area contributed by atoms with Crippen LogP contribution in [0.3, 0.4) is 0 Å². The zero-order chi connectivity index (χ0) is 12.3. The molecule has 1 N–H and O–H groups in total. The number of carboxylic acid groups (broad SMARTS) is 1. The number of hydrogen-bond donors (Lipinski definition) is 1. The van der Waals surface area contributed by atoms with E-state index in [4.69, 9.17) is 9.84 Å². The van der Waals surface area contributed by atoms with Gasteiger partial charge in [0.15, 0.2) is 0 Å². The molecule has 0 heterocycles. The molecule has 0 amide bonds. The Balaban J connectivity index is 0.00000256. The van der Waals surface area contributed by atoms with Crippen LogP contribution in [0.1, 0.15) is 5.56 Å². The summed E-state index contributed by atoms with van der Waals surface area (Å²) in [6, 6.07) is 2.82. The van der Waals surface area contributed by atoms with Crippen LogP contribution >= 0.6 is 0 Å². The number of carbonyl (C=O) groups is 1. The molecule has 0 aliphatic carbocycles. The number of halogens is 3. The van der Waals surface area contributed by atoms with Crippen molar-refractivity contribution in [3.05, 3.63) is 23.8 Å². The normalized spacial score (nSPS) is 10.6. The van der Waals surface area contributed by atoms with E-state index in [1.807, 2.05) is 0 Å². The predicted octanol–water partition coefficient (Wildman–Crippen LogP) is -1.62. The smallest absolute Gasteiger partial charge is 0.496 e. The van der Waals surface area contributed by atoms with Gasteiger partial charge in [-0.05, 0) is 6.07 Å². The number of aliphatic carboxylic acids is 1. The SMILES string of the molecule is COc1ccc([B-](F)(F)F)cc1CC(=O)O.[K+]. The van der Waals surface area contributed by atoms with Crippen molar-refractivity contribution in [2.75, 3.05) is 7.11 Å². The fourth-order valence-corrected chi connectivity index (χ4v) is 1.30. The maximum absolute atomic E-state index is 12.4. The Bertz CT molecular complexity index is 409. The largest absolute Gasteiger partial charge is 1.00 e. The van der Waals surface area contributed by atoms with Crippen molar-refractivity contribution in [2.45, 2.75) is 6.42 Å². The molecule has 17 heavy (non-hydrogen) atoms. The molecule has 0 saturated heterocycles. The molecular weight excluding hydrogens is 263 g/mol. The molecule has 0 aliphatic rings. The van der Waals surface area contributed by atoms with E-state index in [0.29, 0.717) is 0 Å². The maximum atomic E-state index is 12.4. The van der Waals surface area contributed by atoms with E-state index >= 15 is 0 Å². The van der Waals surface area contributed by atoms with E-state index in [1.54, 1.807) is 0 Å². The fourth-order valence-electron chi connectivity index (χ4n) is 1.30. The van der Waals surface area contributed by atoms with Crippen LogP contribution in [0, 0.1) is 0 Å². The molecule has 88 valence electrons. The number of rotatable bonds is 4. The van der Waals surface area contributed by atoms with Gasteiger partial charge in [0.25, 0.3) is 0 Å². The van der Waals surface area contributed by atoms with Crippen LogP contribution < -0.4 is 61.6 Å². The summed E-state index contributed by atoms with van der Waals surface area (Å²) in [4.78, 5) is 10.5. The van der Waals surface area contributed by atoms with Crippen LogP contribution in [0.2, 0.25) is 0 Å². The quantitative estimate of drug-likeness (QED) is 0.670. The topological polar surface area (TPSA) is 46.5 Å².